The summed E-state index contributed by atoms with van der Waals surface area (Å²) in [6, 6.07) is 0. The molecule has 0 N–H and O–H groups in total. The first kappa shape index (κ1) is 16.4. The lowest BCUT2D eigenvalue weighted by Gasteiger charge is -2.21. The third-order valence-corrected chi connectivity index (χ3v) is 3.45. The Kier molecular flexibility index (Phi) is 5.50. The van der Waals surface area contributed by atoms with Gasteiger partial charge in [0.05, 0.1) is 5.70 Å². The lowest BCUT2D eigenvalue weighted by Crippen LogP contribution is -2.19. The molecule has 0 aromatic carbocycles. The van der Waals surface area contributed by atoms with E-state index in [1.54, 1.807) is 0 Å². The molecular formula is C19H27N. The number of hydrogen-bond donors (Lipinski definition) is 0. The summed E-state index contributed by atoms with van der Waals surface area (Å²) in [7, 11) is 0. The zero-order chi connectivity index (χ0) is 15.3. The maximum absolute atomic E-state index is 4.75. The molecule has 20 heavy (non-hydrogen) atoms. The van der Waals surface area contributed by atoms with E-state index in [9.17, 15) is 0 Å². The summed E-state index contributed by atoms with van der Waals surface area (Å²) >= 11 is 0. The van der Waals surface area contributed by atoms with Crippen molar-refractivity contribution in [3.05, 3.63) is 60.4 Å². The predicted octanol–water partition coefficient (Wildman–Crippen LogP) is 5.64. The van der Waals surface area contributed by atoms with Crippen LogP contribution in [0.5, 0.6) is 0 Å². The largest absolute Gasteiger partial charge is 0.257 e. The molecule has 0 radical (unpaired) electrons. The summed E-state index contributed by atoms with van der Waals surface area (Å²) in [5, 5.41) is 0. The van der Waals surface area contributed by atoms with Crippen LogP contribution in [0.2, 0.25) is 0 Å². The van der Waals surface area contributed by atoms with Gasteiger partial charge in [-0.1, -0.05) is 76.8 Å². The van der Waals surface area contributed by atoms with E-state index < -0.39 is 0 Å². The normalized spacial score (nSPS) is 19.6. The molecule has 0 saturated carbocycles. The summed E-state index contributed by atoms with van der Waals surface area (Å²) in [6.45, 7) is 18.9. The van der Waals surface area contributed by atoms with Gasteiger partial charge >= 0.3 is 0 Å². The fourth-order valence-electron chi connectivity index (χ4n) is 2.13. The van der Waals surface area contributed by atoms with Crippen LogP contribution in [0.15, 0.2) is 65.4 Å². The molecule has 1 aliphatic rings. The van der Waals surface area contributed by atoms with Crippen molar-refractivity contribution in [1.29, 1.82) is 0 Å². The molecule has 0 aliphatic heterocycles. The van der Waals surface area contributed by atoms with Crippen LogP contribution in [0.25, 0.3) is 0 Å². The van der Waals surface area contributed by atoms with E-state index in [-0.39, 0.29) is 5.41 Å². The van der Waals surface area contributed by atoms with Crippen LogP contribution >= 0.6 is 0 Å². The molecule has 0 heterocycles. The molecule has 0 aromatic heterocycles. The van der Waals surface area contributed by atoms with Crippen molar-refractivity contribution < 1.29 is 0 Å². The molecule has 1 rings (SSSR count). The number of hydrogen-bond acceptors (Lipinski definition) is 1. The van der Waals surface area contributed by atoms with Crippen LogP contribution in [-0.4, -0.2) is 5.71 Å². The Morgan fingerprint density at radius 3 is 2.40 bits per heavy atom. The van der Waals surface area contributed by atoms with Gasteiger partial charge in [0.15, 0.2) is 0 Å². The highest BCUT2D eigenvalue weighted by atomic mass is 14.8. The molecule has 0 spiro atoms. The fourth-order valence-corrected chi connectivity index (χ4v) is 2.13. The zero-order valence-electron chi connectivity index (χ0n) is 13.5. The van der Waals surface area contributed by atoms with Gasteiger partial charge in [-0.25, -0.2) is 0 Å². The van der Waals surface area contributed by atoms with E-state index >= 15 is 0 Å². The van der Waals surface area contributed by atoms with Crippen molar-refractivity contribution in [3.63, 3.8) is 0 Å². The summed E-state index contributed by atoms with van der Waals surface area (Å²) in [4.78, 5) is 4.75. The SMILES string of the molecule is C=C(/N=C(\CC)C(C)(C)C)C1=CC=CC(C(=C)C)C=C1. The van der Waals surface area contributed by atoms with Gasteiger partial charge < -0.3 is 0 Å². The Morgan fingerprint density at radius 1 is 1.25 bits per heavy atom. The average molecular weight is 269 g/mol. The van der Waals surface area contributed by atoms with Gasteiger partial charge in [0, 0.05) is 17.0 Å². The summed E-state index contributed by atoms with van der Waals surface area (Å²) in [6.07, 6.45) is 11.5. The van der Waals surface area contributed by atoms with Crippen molar-refractivity contribution in [3.8, 4) is 0 Å². The van der Waals surface area contributed by atoms with E-state index in [4.69, 9.17) is 4.99 Å². The van der Waals surface area contributed by atoms with Crippen molar-refractivity contribution >= 4 is 5.71 Å². The third kappa shape index (κ3) is 4.48. The molecule has 0 amide bonds. The second-order valence-electron chi connectivity index (χ2n) is 6.35. The molecule has 0 saturated heterocycles. The van der Waals surface area contributed by atoms with Crippen LogP contribution < -0.4 is 0 Å². The van der Waals surface area contributed by atoms with E-state index in [2.05, 4.69) is 71.2 Å². The van der Waals surface area contributed by atoms with Crippen LogP contribution in [0, 0.1) is 11.3 Å². The minimum absolute atomic E-state index is 0.0861. The lowest BCUT2D eigenvalue weighted by molar-refractivity contribution is 0.579. The first-order valence-electron chi connectivity index (χ1n) is 7.25. The van der Waals surface area contributed by atoms with Gasteiger partial charge in [0.2, 0.25) is 0 Å². The number of rotatable bonds is 4. The van der Waals surface area contributed by atoms with Crippen LogP contribution in [0.4, 0.5) is 0 Å². The van der Waals surface area contributed by atoms with Gasteiger partial charge in [-0.3, -0.25) is 4.99 Å². The van der Waals surface area contributed by atoms with Crippen molar-refractivity contribution in [2.75, 3.05) is 0 Å². The maximum Gasteiger partial charge on any atom is 0.0629 e. The minimum Gasteiger partial charge on any atom is -0.257 e. The number of allylic oxidation sites excluding steroid dienone is 6. The van der Waals surface area contributed by atoms with Gasteiger partial charge in [-0.05, 0) is 18.9 Å². The second-order valence-corrected chi connectivity index (χ2v) is 6.35. The molecule has 1 nitrogen and oxygen atoms in total. The van der Waals surface area contributed by atoms with Crippen LogP contribution in [0.3, 0.4) is 0 Å². The smallest absolute Gasteiger partial charge is 0.0629 e. The first-order chi connectivity index (χ1) is 9.25. The van der Waals surface area contributed by atoms with E-state index in [1.807, 2.05) is 6.92 Å². The van der Waals surface area contributed by atoms with Gasteiger partial charge in [0.25, 0.3) is 0 Å². The predicted molar refractivity (Wildman–Crippen MR) is 91.0 cm³/mol. The summed E-state index contributed by atoms with van der Waals surface area (Å²) < 4.78 is 0. The minimum atomic E-state index is 0.0861. The fraction of sp³-hybridized carbons (Fsp3) is 0.421. The van der Waals surface area contributed by atoms with Crippen LogP contribution in [0.1, 0.15) is 41.0 Å². The molecular weight excluding hydrogens is 242 g/mol. The van der Waals surface area contributed by atoms with Crippen molar-refractivity contribution in [2.45, 2.75) is 41.0 Å². The zero-order valence-corrected chi connectivity index (χ0v) is 13.5. The highest BCUT2D eigenvalue weighted by Gasteiger charge is 2.17. The average Bonchev–Trinajstić information content (AvgIpc) is 2.59. The third-order valence-electron chi connectivity index (χ3n) is 3.45. The maximum atomic E-state index is 4.75. The summed E-state index contributed by atoms with van der Waals surface area (Å²) in [5.74, 6) is 0.300. The quantitative estimate of drug-likeness (QED) is 0.462. The van der Waals surface area contributed by atoms with Crippen molar-refractivity contribution in [1.82, 2.24) is 0 Å². The van der Waals surface area contributed by atoms with Gasteiger partial charge in [-0.2, -0.15) is 0 Å². The topological polar surface area (TPSA) is 12.4 Å². The first-order valence-corrected chi connectivity index (χ1v) is 7.25. The van der Waals surface area contributed by atoms with Gasteiger partial charge in [-0.15, -0.1) is 0 Å². The number of aliphatic imine (C=N–C) groups is 1. The summed E-state index contributed by atoms with van der Waals surface area (Å²) in [5.41, 5.74) is 4.31. The highest BCUT2D eigenvalue weighted by molar-refractivity contribution is 5.90. The molecule has 0 aromatic rings. The Morgan fingerprint density at radius 2 is 1.90 bits per heavy atom. The molecule has 0 bridgehead atoms. The Bertz CT molecular complexity index is 504. The Labute approximate surface area is 124 Å². The monoisotopic (exact) mass is 269 g/mol. The molecule has 1 aliphatic carbocycles. The van der Waals surface area contributed by atoms with E-state index in [1.165, 1.54) is 5.71 Å². The van der Waals surface area contributed by atoms with Crippen LogP contribution in [-0.2, 0) is 0 Å². The molecule has 108 valence electrons. The molecule has 1 unspecified atom stereocenters. The van der Waals surface area contributed by atoms with E-state index in [0.717, 1.165) is 23.3 Å². The second kappa shape index (κ2) is 6.69. The Hall–Kier alpha value is -1.63. The molecule has 1 atom stereocenters. The lowest BCUT2D eigenvalue weighted by atomic mass is 9.88. The van der Waals surface area contributed by atoms with E-state index in [0.29, 0.717) is 5.92 Å². The molecule has 0 fully saturated rings. The van der Waals surface area contributed by atoms with Gasteiger partial charge in [0.1, 0.15) is 0 Å². The molecule has 1 heteroatoms. The number of nitrogens with zero attached hydrogens (tertiary/aromatic N) is 1. The highest BCUT2D eigenvalue weighted by Crippen LogP contribution is 2.24. The van der Waals surface area contributed by atoms with Crippen molar-refractivity contribution in [2.24, 2.45) is 16.3 Å². The standard InChI is InChI=1S/C19H27N/c1-8-18(19(5,6)7)20-15(4)17-11-9-10-16(12-13-17)14(2)3/h9-13,16H,2,4,8H2,1,3,5-7H3/b20-18+. The Balaban J connectivity index is 2.97.